The number of rotatable bonds is 5. The van der Waals surface area contributed by atoms with Crippen LogP contribution in [0.2, 0.25) is 0 Å². The predicted molar refractivity (Wildman–Crippen MR) is 111 cm³/mol. The average Bonchev–Trinajstić information content (AvgIpc) is 2.68. The Kier molecular flexibility index (Phi) is 5.85. The van der Waals surface area contributed by atoms with Crippen LogP contribution >= 0.6 is 0 Å². The lowest BCUT2D eigenvalue weighted by Gasteiger charge is -2.34. The van der Waals surface area contributed by atoms with Crippen LogP contribution in [0, 0.1) is 5.92 Å². The highest BCUT2D eigenvalue weighted by atomic mass is 16.6. The molecule has 0 aromatic heterocycles. The molecule has 2 aromatic rings. The van der Waals surface area contributed by atoms with Gasteiger partial charge in [0.2, 0.25) is 0 Å². The summed E-state index contributed by atoms with van der Waals surface area (Å²) in [5, 5.41) is 1.45. The van der Waals surface area contributed by atoms with Gasteiger partial charge in [-0.3, -0.25) is 4.79 Å². The normalized spacial score (nSPS) is 17.0. The highest BCUT2D eigenvalue weighted by molar-refractivity contribution is 6.00. The van der Waals surface area contributed by atoms with E-state index in [-0.39, 0.29) is 23.0 Å². The first kappa shape index (κ1) is 21.1. The third kappa shape index (κ3) is 4.22. The van der Waals surface area contributed by atoms with E-state index in [4.69, 9.17) is 19.9 Å². The van der Waals surface area contributed by atoms with Crippen LogP contribution in [0.1, 0.15) is 53.0 Å². The van der Waals surface area contributed by atoms with Crippen molar-refractivity contribution in [3.8, 4) is 17.2 Å². The van der Waals surface area contributed by atoms with E-state index in [1.165, 1.54) is 6.92 Å². The standard InChI is InChI=1S/C23H29NO5/c1-6-13(2)18(24)22(26)28-20-16-10-8-7-9-15(16)19-17(21(20)27-14(3)25)11-12-23(4,5)29-19/h7-10,13,18H,6,11-12,24H2,1-5H3/t13-,18-/m0/s1. The van der Waals surface area contributed by atoms with Gasteiger partial charge in [-0.05, 0) is 32.6 Å². The van der Waals surface area contributed by atoms with E-state index >= 15 is 0 Å². The molecule has 0 amide bonds. The number of hydrogen-bond donors (Lipinski definition) is 1. The molecule has 2 aromatic carbocycles. The van der Waals surface area contributed by atoms with Gasteiger partial charge in [0.05, 0.1) is 0 Å². The van der Waals surface area contributed by atoms with Crippen LogP contribution in [0.3, 0.4) is 0 Å². The van der Waals surface area contributed by atoms with Crippen molar-refractivity contribution in [2.24, 2.45) is 11.7 Å². The maximum Gasteiger partial charge on any atom is 0.328 e. The molecular formula is C23H29NO5. The van der Waals surface area contributed by atoms with Crippen LogP contribution in [0.4, 0.5) is 0 Å². The number of hydrogen-bond acceptors (Lipinski definition) is 6. The molecule has 0 radical (unpaired) electrons. The molecule has 2 N–H and O–H groups in total. The first-order chi connectivity index (χ1) is 13.6. The van der Waals surface area contributed by atoms with Crippen LogP contribution in [-0.4, -0.2) is 23.6 Å². The van der Waals surface area contributed by atoms with Gasteiger partial charge < -0.3 is 19.9 Å². The quantitative estimate of drug-likeness (QED) is 0.600. The van der Waals surface area contributed by atoms with Gasteiger partial charge in [0.25, 0.3) is 0 Å². The topological polar surface area (TPSA) is 87.9 Å². The minimum absolute atomic E-state index is 0.0345. The summed E-state index contributed by atoms with van der Waals surface area (Å²) in [6.07, 6.45) is 2.13. The maximum atomic E-state index is 12.7. The van der Waals surface area contributed by atoms with Crippen LogP contribution < -0.4 is 19.9 Å². The Bertz CT molecular complexity index is 950. The molecule has 6 nitrogen and oxygen atoms in total. The summed E-state index contributed by atoms with van der Waals surface area (Å²) in [7, 11) is 0. The third-order valence-electron chi connectivity index (χ3n) is 5.50. The number of carbonyl (C=O) groups excluding carboxylic acids is 2. The molecule has 0 bridgehead atoms. The molecule has 0 aliphatic carbocycles. The van der Waals surface area contributed by atoms with Crippen LogP contribution in [0.15, 0.2) is 24.3 Å². The molecule has 2 atom stereocenters. The Morgan fingerprint density at radius 2 is 1.83 bits per heavy atom. The molecule has 0 unspecified atom stereocenters. The van der Waals surface area contributed by atoms with Crippen molar-refractivity contribution < 1.29 is 23.8 Å². The summed E-state index contributed by atoms with van der Waals surface area (Å²) < 4.78 is 17.6. The highest BCUT2D eigenvalue weighted by Crippen LogP contribution is 2.50. The van der Waals surface area contributed by atoms with Gasteiger partial charge in [-0.1, -0.05) is 44.5 Å². The second kappa shape index (κ2) is 8.03. The zero-order chi connectivity index (χ0) is 21.3. The first-order valence-electron chi connectivity index (χ1n) is 10.1. The second-order valence-electron chi connectivity index (χ2n) is 8.30. The molecule has 0 saturated carbocycles. The van der Waals surface area contributed by atoms with Gasteiger partial charge in [-0.15, -0.1) is 0 Å². The SMILES string of the molecule is CC[C@H](C)[C@H](N)C(=O)Oc1c(OC(C)=O)c2c(c3ccccc13)OC(C)(C)CC2. The van der Waals surface area contributed by atoms with Crippen molar-refractivity contribution in [3.63, 3.8) is 0 Å². The zero-order valence-electron chi connectivity index (χ0n) is 17.7. The minimum Gasteiger partial charge on any atom is -0.487 e. The molecule has 0 fully saturated rings. The van der Waals surface area contributed by atoms with E-state index in [9.17, 15) is 9.59 Å². The van der Waals surface area contributed by atoms with Crippen molar-refractivity contribution in [2.45, 2.75) is 65.5 Å². The number of nitrogens with two attached hydrogens (primary N) is 1. The fraction of sp³-hybridized carbons (Fsp3) is 0.478. The van der Waals surface area contributed by atoms with E-state index in [1.54, 1.807) is 0 Å². The molecule has 1 heterocycles. The average molecular weight is 399 g/mol. The number of ether oxygens (including phenoxy) is 3. The Labute approximate surface area is 171 Å². The van der Waals surface area contributed by atoms with Crippen LogP contribution in [0.5, 0.6) is 17.2 Å². The number of esters is 2. The van der Waals surface area contributed by atoms with Crippen molar-refractivity contribution >= 4 is 22.7 Å². The zero-order valence-corrected chi connectivity index (χ0v) is 17.7. The van der Waals surface area contributed by atoms with E-state index in [2.05, 4.69) is 0 Å². The second-order valence-corrected chi connectivity index (χ2v) is 8.30. The summed E-state index contributed by atoms with van der Waals surface area (Å²) in [5.74, 6) is 0.0607. The van der Waals surface area contributed by atoms with Crippen molar-refractivity contribution in [3.05, 3.63) is 29.8 Å². The largest absolute Gasteiger partial charge is 0.487 e. The fourth-order valence-corrected chi connectivity index (χ4v) is 3.51. The Balaban J connectivity index is 2.20. The van der Waals surface area contributed by atoms with E-state index < -0.39 is 18.0 Å². The monoisotopic (exact) mass is 399 g/mol. The minimum atomic E-state index is -0.768. The lowest BCUT2D eigenvalue weighted by Crippen LogP contribution is -2.39. The smallest absolute Gasteiger partial charge is 0.328 e. The summed E-state index contributed by atoms with van der Waals surface area (Å²) in [4.78, 5) is 24.6. The number of fused-ring (bicyclic) bond motifs is 3. The van der Waals surface area contributed by atoms with E-state index in [1.807, 2.05) is 52.0 Å². The predicted octanol–water partition coefficient (Wildman–Crippen LogP) is 4.15. The summed E-state index contributed by atoms with van der Waals surface area (Å²) in [6.45, 7) is 9.24. The van der Waals surface area contributed by atoms with Crippen LogP contribution in [-0.2, 0) is 16.0 Å². The first-order valence-corrected chi connectivity index (χ1v) is 10.1. The molecule has 29 heavy (non-hydrogen) atoms. The molecule has 156 valence electrons. The maximum absolute atomic E-state index is 12.7. The van der Waals surface area contributed by atoms with Crippen molar-refractivity contribution in [1.29, 1.82) is 0 Å². The molecule has 3 rings (SSSR count). The van der Waals surface area contributed by atoms with E-state index in [0.29, 0.717) is 17.6 Å². The molecule has 1 aliphatic rings. The number of carbonyl (C=O) groups is 2. The van der Waals surface area contributed by atoms with Gasteiger partial charge in [0.15, 0.2) is 11.5 Å². The Hall–Kier alpha value is -2.60. The number of benzene rings is 2. The van der Waals surface area contributed by atoms with Crippen LogP contribution in [0.25, 0.3) is 10.8 Å². The van der Waals surface area contributed by atoms with Crippen molar-refractivity contribution in [2.75, 3.05) is 0 Å². The summed E-state index contributed by atoms with van der Waals surface area (Å²) in [5.41, 5.74) is 6.47. The van der Waals surface area contributed by atoms with Gasteiger partial charge in [0.1, 0.15) is 17.4 Å². The van der Waals surface area contributed by atoms with Gasteiger partial charge in [-0.25, -0.2) is 4.79 Å². The van der Waals surface area contributed by atoms with E-state index in [0.717, 1.165) is 23.8 Å². The summed E-state index contributed by atoms with van der Waals surface area (Å²) in [6, 6.07) is 6.71. The lowest BCUT2D eigenvalue weighted by molar-refractivity contribution is -0.138. The Morgan fingerprint density at radius 1 is 1.17 bits per heavy atom. The van der Waals surface area contributed by atoms with Crippen molar-refractivity contribution in [1.82, 2.24) is 0 Å². The fourth-order valence-electron chi connectivity index (χ4n) is 3.51. The highest BCUT2D eigenvalue weighted by Gasteiger charge is 2.34. The lowest BCUT2D eigenvalue weighted by atomic mass is 9.91. The van der Waals surface area contributed by atoms with Gasteiger partial charge in [-0.2, -0.15) is 0 Å². The van der Waals surface area contributed by atoms with Gasteiger partial charge >= 0.3 is 11.9 Å². The molecule has 0 spiro atoms. The summed E-state index contributed by atoms with van der Waals surface area (Å²) >= 11 is 0. The van der Waals surface area contributed by atoms with Gasteiger partial charge in [0, 0.05) is 23.3 Å². The molecular weight excluding hydrogens is 370 g/mol. The molecule has 0 saturated heterocycles. The third-order valence-corrected chi connectivity index (χ3v) is 5.50. The Morgan fingerprint density at radius 3 is 2.45 bits per heavy atom. The molecule has 6 heteroatoms. The molecule has 1 aliphatic heterocycles.